The Kier molecular flexibility index (Phi) is 4.56. The number of carbonyl (C=O) groups excluding carboxylic acids is 1. The molecule has 0 atom stereocenters. The second-order valence-corrected chi connectivity index (χ2v) is 7.25. The molecule has 0 saturated carbocycles. The minimum atomic E-state index is -0.146. The summed E-state index contributed by atoms with van der Waals surface area (Å²) in [6.45, 7) is 2.62. The Hall–Kier alpha value is -3.86. The number of ether oxygens (including phenoxy) is 2. The zero-order chi connectivity index (χ0) is 20.5. The molecule has 1 aromatic heterocycles. The first-order chi connectivity index (χ1) is 14.7. The summed E-state index contributed by atoms with van der Waals surface area (Å²) in [5, 5.41) is 1.01. The molecule has 4 aromatic rings. The quantitative estimate of drug-likeness (QED) is 0.480. The number of rotatable bonds is 4. The van der Waals surface area contributed by atoms with Crippen LogP contribution in [0.1, 0.15) is 21.6 Å². The van der Waals surface area contributed by atoms with Crippen LogP contribution in [0.3, 0.4) is 0 Å². The number of hydrogen-bond acceptors (Lipinski definition) is 4. The van der Waals surface area contributed by atoms with Crippen LogP contribution in [0.2, 0.25) is 0 Å². The van der Waals surface area contributed by atoms with Gasteiger partial charge in [-0.15, -0.1) is 0 Å². The fourth-order valence-electron chi connectivity index (χ4n) is 3.68. The maximum atomic E-state index is 13.6. The summed E-state index contributed by atoms with van der Waals surface area (Å²) in [6, 6.07) is 25.2. The van der Waals surface area contributed by atoms with Crippen molar-refractivity contribution in [1.82, 2.24) is 4.98 Å². The minimum Gasteiger partial charge on any atom is -0.454 e. The summed E-state index contributed by atoms with van der Waals surface area (Å²) in [5.41, 5.74) is 4.05. The molecule has 2 heterocycles. The number of fused-ring (bicyclic) bond motifs is 2. The lowest BCUT2D eigenvalue weighted by Crippen LogP contribution is -2.31. The van der Waals surface area contributed by atoms with Crippen LogP contribution in [-0.4, -0.2) is 17.7 Å². The van der Waals surface area contributed by atoms with Gasteiger partial charge in [-0.2, -0.15) is 0 Å². The van der Waals surface area contributed by atoms with E-state index in [0.29, 0.717) is 18.0 Å². The molecular weight excluding hydrogens is 376 g/mol. The standard InChI is InChI=1S/C25H20N2O3/c1-17-6-2-5-9-22(17)27(15-18-10-13-23-24(14-18)30-16-29-23)25(28)21-12-11-19-7-3-4-8-20(19)26-21/h2-14H,15-16H2,1H3. The number of nitrogens with zero attached hydrogens (tertiary/aromatic N) is 2. The lowest BCUT2D eigenvalue weighted by Gasteiger charge is -2.24. The molecule has 1 aliphatic rings. The van der Waals surface area contributed by atoms with Gasteiger partial charge >= 0.3 is 0 Å². The van der Waals surface area contributed by atoms with E-state index in [2.05, 4.69) is 4.98 Å². The second kappa shape index (κ2) is 7.52. The molecule has 0 fully saturated rings. The van der Waals surface area contributed by atoms with Gasteiger partial charge in [0.05, 0.1) is 12.1 Å². The van der Waals surface area contributed by atoms with Gasteiger partial charge in [-0.3, -0.25) is 4.79 Å². The van der Waals surface area contributed by atoms with E-state index in [1.54, 1.807) is 11.0 Å². The van der Waals surface area contributed by atoms with E-state index < -0.39 is 0 Å². The minimum absolute atomic E-state index is 0.146. The maximum absolute atomic E-state index is 13.6. The molecule has 0 radical (unpaired) electrons. The molecule has 1 aliphatic heterocycles. The highest BCUT2D eigenvalue weighted by Gasteiger charge is 2.22. The highest BCUT2D eigenvalue weighted by molar-refractivity contribution is 6.06. The van der Waals surface area contributed by atoms with Crippen LogP contribution < -0.4 is 14.4 Å². The van der Waals surface area contributed by atoms with Crippen molar-refractivity contribution in [3.63, 3.8) is 0 Å². The molecule has 5 nitrogen and oxygen atoms in total. The maximum Gasteiger partial charge on any atom is 0.277 e. The third-order valence-electron chi connectivity index (χ3n) is 5.25. The molecular formula is C25H20N2O3. The molecule has 148 valence electrons. The molecule has 0 aliphatic carbocycles. The third-order valence-corrected chi connectivity index (χ3v) is 5.25. The van der Waals surface area contributed by atoms with Crippen LogP contribution in [0.4, 0.5) is 5.69 Å². The van der Waals surface area contributed by atoms with Crippen molar-refractivity contribution in [3.8, 4) is 11.5 Å². The van der Waals surface area contributed by atoms with E-state index in [1.165, 1.54) is 0 Å². The van der Waals surface area contributed by atoms with Crippen molar-refractivity contribution in [3.05, 3.63) is 95.7 Å². The molecule has 0 saturated heterocycles. The highest BCUT2D eigenvalue weighted by Crippen LogP contribution is 2.33. The number of anilines is 1. The fraction of sp³-hybridized carbons (Fsp3) is 0.120. The number of aryl methyl sites for hydroxylation is 1. The fourth-order valence-corrected chi connectivity index (χ4v) is 3.68. The van der Waals surface area contributed by atoms with Gasteiger partial charge in [0.2, 0.25) is 6.79 Å². The zero-order valence-corrected chi connectivity index (χ0v) is 16.5. The lowest BCUT2D eigenvalue weighted by atomic mass is 10.1. The van der Waals surface area contributed by atoms with Crippen LogP contribution in [0, 0.1) is 6.92 Å². The highest BCUT2D eigenvalue weighted by atomic mass is 16.7. The number of carbonyl (C=O) groups is 1. The van der Waals surface area contributed by atoms with Gasteiger partial charge in [0, 0.05) is 11.1 Å². The van der Waals surface area contributed by atoms with Gasteiger partial charge < -0.3 is 14.4 Å². The van der Waals surface area contributed by atoms with Crippen molar-refractivity contribution in [2.24, 2.45) is 0 Å². The first kappa shape index (κ1) is 18.2. The first-order valence-electron chi connectivity index (χ1n) is 9.81. The van der Waals surface area contributed by atoms with E-state index in [4.69, 9.17) is 9.47 Å². The Balaban J connectivity index is 1.55. The molecule has 0 unspecified atom stereocenters. The third kappa shape index (κ3) is 3.35. The normalized spacial score (nSPS) is 12.2. The predicted octanol–water partition coefficient (Wildman–Crippen LogP) is 5.12. The van der Waals surface area contributed by atoms with Gasteiger partial charge in [0.25, 0.3) is 5.91 Å². The average molecular weight is 396 g/mol. The van der Waals surface area contributed by atoms with Crippen LogP contribution >= 0.6 is 0 Å². The number of para-hydroxylation sites is 2. The Morgan fingerprint density at radius 2 is 1.73 bits per heavy atom. The molecule has 1 amide bonds. The summed E-state index contributed by atoms with van der Waals surface area (Å²) < 4.78 is 10.9. The average Bonchev–Trinajstić information content (AvgIpc) is 3.25. The van der Waals surface area contributed by atoms with Crippen molar-refractivity contribution < 1.29 is 14.3 Å². The summed E-state index contributed by atoms with van der Waals surface area (Å²) >= 11 is 0. The monoisotopic (exact) mass is 396 g/mol. The predicted molar refractivity (Wildman–Crippen MR) is 116 cm³/mol. The molecule has 3 aromatic carbocycles. The van der Waals surface area contributed by atoms with Gasteiger partial charge in [0.15, 0.2) is 11.5 Å². The first-order valence-corrected chi connectivity index (χ1v) is 9.81. The van der Waals surface area contributed by atoms with Crippen LogP contribution in [0.5, 0.6) is 11.5 Å². The molecule has 5 heteroatoms. The van der Waals surface area contributed by atoms with E-state index in [-0.39, 0.29) is 12.7 Å². The van der Waals surface area contributed by atoms with Crippen molar-refractivity contribution >= 4 is 22.5 Å². The van der Waals surface area contributed by atoms with Crippen molar-refractivity contribution in [1.29, 1.82) is 0 Å². The van der Waals surface area contributed by atoms with Crippen LogP contribution in [-0.2, 0) is 6.54 Å². The number of hydrogen-bond donors (Lipinski definition) is 0. The van der Waals surface area contributed by atoms with Gasteiger partial charge in [-0.05, 0) is 48.4 Å². The number of benzene rings is 3. The Labute approximate surface area is 174 Å². The molecule has 0 spiro atoms. The Morgan fingerprint density at radius 3 is 2.63 bits per heavy atom. The molecule has 30 heavy (non-hydrogen) atoms. The Morgan fingerprint density at radius 1 is 0.933 bits per heavy atom. The lowest BCUT2D eigenvalue weighted by molar-refractivity contribution is 0.0980. The molecule has 0 N–H and O–H groups in total. The number of aromatic nitrogens is 1. The van der Waals surface area contributed by atoms with E-state index in [1.807, 2.05) is 79.7 Å². The van der Waals surface area contributed by atoms with Gasteiger partial charge in [-0.25, -0.2) is 4.98 Å². The number of pyridine rings is 1. The Bertz CT molecular complexity index is 1250. The SMILES string of the molecule is Cc1ccccc1N(Cc1ccc2c(c1)OCO2)C(=O)c1ccc2ccccc2n1. The van der Waals surface area contributed by atoms with Crippen LogP contribution in [0.15, 0.2) is 78.9 Å². The smallest absolute Gasteiger partial charge is 0.277 e. The summed E-state index contributed by atoms with van der Waals surface area (Å²) in [5.74, 6) is 1.28. The largest absolute Gasteiger partial charge is 0.454 e. The summed E-state index contributed by atoms with van der Waals surface area (Å²) in [7, 11) is 0. The number of amides is 1. The van der Waals surface area contributed by atoms with Gasteiger partial charge in [-0.1, -0.05) is 48.5 Å². The topological polar surface area (TPSA) is 51.7 Å². The second-order valence-electron chi connectivity index (χ2n) is 7.25. The van der Waals surface area contributed by atoms with E-state index in [9.17, 15) is 4.79 Å². The van der Waals surface area contributed by atoms with Crippen molar-refractivity contribution in [2.45, 2.75) is 13.5 Å². The summed E-state index contributed by atoms with van der Waals surface area (Å²) in [6.07, 6.45) is 0. The molecule has 5 rings (SSSR count). The molecule has 0 bridgehead atoms. The van der Waals surface area contributed by atoms with E-state index in [0.717, 1.165) is 33.5 Å². The van der Waals surface area contributed by atoms with E-state index >= 15 is 0 Å². The zero-order valence-electron chi connectivity index (χ0n) is 16.5. The van der Waals surface area contributed by atoms with Gasteiger partial charge in [0.1, 0.15) is 5.69 Å². The summed E-state index contributed by atoms with van der Waals surface area (Å²) in [4.78, 5) is 20.0. The van der Waals surface area contributed by atoms with Crippen LogP contribution in [0.25, 0.3) is 10.9 Å². The van der Waals surface area contributed by atoms with Crippen molar-refractivity contribution in [2.75, 3.05) is 11.7 Å².